The Bertz CT molecular complexity index is 578. The van der Waals surface area contributed by atoms with Crippen LogP contribution in [0.2, 0.25) is 0 Å². The van der Waals surface area contributed by atoms with Crippen molar-refractivity contribution >= 4 is 10.9 Å². The number of hydrogen-bond donors (Lipinski definition) is 2. The maximum Gasteiger partial charge on any atom is 0.252 e. The van der Waals surface area contributed by atoms with E-state index in [0.29, 0.717) is 6.54 Å². The Morgan fingerprint density at radius 3 is 3.00 bits per heavy atom. The van der Waals surface area contributed by atoms with Gasteiger partial charge in [-0.25, -0.2) is 0 Å². The zero-order valence-corrected chi connectivity index (χ0v) is 11.2. The second kappa shape index (κ2) is 7.07. The normalized spacial score (nSPS) is 11.0. The van der Waals surface area contributed by atoms with E-state index in [0.717, 1.165) is 42.6 Å². The Labute approximate surface area is 112 Å². The standard InChI is InChI=1S/C15H20N2O2/c1-2-19-9-5-8-16-11-13-10-12-6-3-4-7-14(12)17-15(13)18/h3-4,6-7,10,16H,2,5,8-9,11H2,1H3,(H,17,18). The highest BCUT2D eigenvalue weighted by atomic mass is 16.5. The van der Waals surface area contributed by atoms with Crippen molar-refractivity contribution in [2.45, 2.75) is 19.9 Å². The van der Waals surface area contributed by atoms with Crippen LogP contribution in [0.1, 0.15) is 18.9 Å². The van der Waals surface area contributed by atoms with Crippen molar-refractivity contribution in [2.75, 3.05) is 19.8 Å². The van der Waals surface area contributed by atoms with E-state index in [4.69, 9.17) is 4.74 Å². The monoisotopic (exact) mass is 260 g/mol. The highest BCUT2D eigenvalue weighted by Crippen LogP contribution is 2.09. The van der Waals surface area contributed by atoms with Crippen LogP contribution in [0.3, 0.4) is 0 Å². The molecule has 0 aliphatic carbocycles. The first-order chi connectivity index (χ1) is 9.31. The summed E-state index contributed by atoms with van der Waals surface area (Å²) >= 11 is 0. The Kier molecular flexibility index (Phi) is 5.12. The molecule has 0 bridgehead atoms. The minimum atomic E-state index is -0.0176. The van der Waals surface area contributed by atoms with Gasteiger partial charge < -0.3 is 15.0 Å². The molecular formula is C15H20N2O2. The van der Waals surface area contributed by atoms with Crippen LogP contribution in [-0.4, -0.2) is 24.7 Å². The van der Waals surface area contributed by atoms with Gasteiger partial charge in [0.05, 0.1) is 0 Å². The fourth-order valence-corrected chi connectivity index (χ4v) is 1.99. The van der Waals surface area contributed by atoms with Crippen molar-refractivity contribution in [3.8, 4) is 0 Å². The molecule has 1 heterocycles. The smallest absolute Gasteiger partial charge is 0.252 e. The third-order valence-corrected chi connectivity index (χ3v) is 2.99. The molecule has 1 aromatic carbocycles. The number of para-hydroxylation sites is 1. The van der Waals surface area contributed by atoms with Crippen LogP contribution in [0.15, 0.2) is 35.1 Å². The van der Waals surface area contributed by atoms with Gasteiger partial charge in [-0.2, -0.15) is 0 Å². The molecule has 2 N–H and O–H groups in total. The van der Waals surface area contributed by atoms with Crippen LogP contribution in [0.4, 0.5) is 0 Å². The second-order valence-electron chi connectivity index (χ2n) is 4.44. The molecule has 4 heteroatoms. The van der Waals surface area contributed by atoms with Gasteiger partial charge in [0.1, 0.15) is 0 Å². The summed E-state index contributed by atoms with van der Waals surface area (Å²) in [5.41, 5.74) is 1.64. The van der Waals surface area contributed by atoms with E-state index in [1.807, 2.05) is 37.3 Å². The van der Waals surface area contributed by atoms with Crippen LogP contribution in [0, 0.1) is 0 Å². The van der Waals surface area contributed by atoms with Crippen molar-refractivity contribution in [3.05, 3.63) is 46.2 Å². The number of H-pyrrole nitrogens is 1. The lowest BCUT2D eigenvalue weighted by molar-refractivity contribution is 0.144. The fraction of sp³-hybridized carbons (Fsp3) is 0.400. The summed E-state index contributed by atoms with van der Waals surface area (Å²) in [6.45, 7) is 4.95. The third-order valence-electron chi connectivity index (χ3n) is 2.99. The number of aromatic nitrogens is 1. The lowest BCUT2D eigenvalue weighted by Crippen LogP contribution is -2.22. The average Bonchev–Trinajstić information content (AvgIpc) is 2.43. The van der Waals surface area contributed by atoms with Gasteiger partial charge in [0, 0.05) is 30.8 Å². The Morgan fingerprint density at radius 1 is 1.32 bits per heavy atom. The number of aromatic amines is 1. The highest BCUT2D eigenvalue weighted by Gasteiger charge is 2.01. The molecule has 2 rings (SSSR count). The number of pyridine rings is 1. The average molecular weight is 260 g/mol. The lowest BCUT2D eigenvalue weighted by Gasteiger charge is -2.06. The van der Waals surface area contributed by atoms with Gasteiger partial charge in [0.25, 0.3) is 5.56 Å². The molecule has 0 fully saturated rings. The minimum Gasteiger partial charge on any atom is -0.382 e. The van der Waals surface area contributed by atoms with Crippen molar-refractivity contribution in [1.82, 2.24) is 10.3 Å². The molecule has 0 unspecified atom stereocenters. The number of nitrogens with one attached hydrogen (secondary N) is 2. The van der Waals surface area contributed by atoms with E-state index in [1.165, 1.54) is 0 Å². The summed E-state index contributed by atoms with van der Waals surface area (Å²) in [5, 5.41) is 4.33. The molecule has 1 aromatic heterocycles. The molecule has 4 nitrogen and oxygen atoms in total. The topological polar surface area (TPSA) is 54.1 Å². The van der Waals surface area contributed by atoms with Crippen LogP contribution < -0.4 is 10.9 Å². The summed E-state index contributed by atoms with van der Waals surface area (Å²) in [5.74, 6) is 0. The maximum absolute atomic E-state index is 11.9. The van der Waals surface area contributed by atoms with Crippen molar-refractivity contribution in [3.63, 3.8) is 0 Å². The molecule has 0 radical (unpaired) electrons. The van der Waals surface area contributed by atoms with Gasteiger partial charge >= 0.3 is 0 Å². The van der Waals surface area contributed by atoms with E-state index < -0.39 is 0 Å². The van der Waals surface area contributed by atoms with Crippen molar-refractivity contribution in [1.29, 1.82) is 0 Å². The first-order valence-corrected chi connectivity index (χ1v) is 6.70. The molecule has 0 aliphatic rings. The number of fused-ring (bicyclic) bond motifs is 1. The fourth-order valence-electron chi connectivity index (χ4n) is 1.99. The minimum absolute atomic E-state index is 0.0176. The Hall–Kier alpha value is -1.65. The van der Waals surface area contributed by atoms with Gasteiger partial charge in [0.2, 0.25) is 0 Å². The molecule has 0 saturated carbocycles. The van der Waals surface area contributed by atoms with Crippen molar-refractivity contribution < 1.29 is 4.74 Å². The van der Waals surface area contributed by atoms with Gasteiger partial charge in [0.15, 0.2) is 0 Å². The SMILES string of the molecule is CCOCCCNCc1cc2ccccc2[nH]c1=O. The predicted octanol–water partition coefficient (Wildman–Crippen LogP) is 2.04. The van der Waals surface area contributed by atoms with E-state index in [2.05, 4.69) is 10.3 Å². The number of hydrogen-bond acceptors (Lipinski definition) is 3. The molecule has 102 valence electrons. The maximum atomic E-state index is 11.9. The molecule has 0 amide bonds. The first kappa shape index (κ1) is 13.8. The first-order valence-electron chi connectivity index (χ1n) is 6.70. The molecular weight excluding hydrogens is 240 g/mol. The Balaban J connectivity index is 1.93. The van der Waals surface area contributed by atoms with E-state index >= 15 is 0 Å². The zero-order chi connectivity index (χ0) is 13.5. The summed E-state index contributed by atoms with van der Waals surface area (Å²) in [6, 6.07) is 9.76. The zero-order valence-electron chi connectivity index (χ0n) is 11.2. The van der Waals surface area contributed by atoms with Crippen molar-refractivity contribution in [2.24, 2.45) is 0 Å². The largest absolute Gasteiger partial charge is 0.382 e. The van der Waals surface area contributed by atoms with Gasteiger partial charge in [-0.05, 0) is 37.4 Å². The van der Waals surface area contributed by atoms with E-state index in [-0.39, 0.29) is 5.56 Å². The summed E-state index contributed by atoms with van der Waals surface area (Å²) in [4.78, 5) is 14.8. The van der Waals surface area contributed by atoms with Crippen LogP contribution in [0.5, 0.6) is 0 Å². The molecule has 2 aromatic rings. The number of rotatable bonds is 7. The van der Waals surface area contributed by atoms with Crippen LogP contribution in [-0.2, 0) is 11.3 Å². The molecule has 19 heavy (non-hydrogen) atoms. The molecule has 0 aliphatic heterocycles. The summed E-state index contributed by atoms with van der Waals surface area (Å²) in [6.07, 6.45) is 0.958. The van der Waals surface area contributed by atoms with Gasteiger partial charge in [-0.1, -0.05) is 18.2 Å². The summed E-state index contributed by atoms with van der Waals surface area (Å²) in [7, 11) is 0. The van der Waals surface area contributed by atoms with Gasteiger partial charge in [-0.3, -0.25) is 4.79 Å². The predicted molar refractivity (Wildman–Crippen MR) is 77.4 cm³/mol. The lowest BCUT2D eigenvalue weighted by atomic mass is 10.1. The van der Waals surface area contributed by atoms with Crippen LogP contribution >= 0.6 is 0 Å². The Morgan fingerprint density at radius 2 is 2.16 bits per heavy atom. The molecule has 0 spiro atoms. The highest BCUT2D eigenvalue weighted by molar-refractivity contribution is 5.78. The van der Waals surface area contributed by atoms with Crippen LogP contribution in [0.25, 0.3) is 10.9 Å². The number of benzene rings is 1. The van der Waals surface area contributed by atoms with E-state index in [1.54, 1.807) is 0 Å². The quantitative estimate of drug-likeness (QED) is 0.749. The van der Waals surface area contributed by atoms with Gasteiger partial charge in [-0.15, -0.1) is 0 Å². The third kappa shape index (κ3) is 3.91. The van der Waals surface area contributed by atoms with E-state index in [9.17, 15) is 4.79 Å². The molecule has 0 atom stereocenters. The summed E-state index contributed by atoms with van der Waals surface area (Å²) < 4.78 is 5.26. The number of ether oxygens (including phenoxy) is 1. The second-order valence-corrected chi connectivity index (χ2v) is 4.44. The molecule has 0 saturated heterocycles.